The largest absolute Gasteiger partial charge is 0.323 e. The minimum absolute atomic E-state index is 0.0646. The van der Waals surface area contributed by atoms with Crippen molar-refractivity contribution in [2.24, 2.45) is 5.84 Å². The molecule has 0 atom stereocenters. The van der Waals surface area contributed by atoms with Crippen molar-refractivity contribution in [3.63, 3.8) is 0 Å². The molecule has 7 nitrogen and oxygen atoms in total. The maximum atomic E-state index is 12.1. The maximum Gasteiger partial charge on any atom is 0.243 e. The summed E-state index contributed by atoms with van der Waals surface area (Å²) in [6.45, 7) is 0.0646. The number of hydrazine groups is 1. The van der Waals surface area contributed by atoms with Crippen molar-refractivity contribution in [3.05, 3.63) is 48.3 Å². The molecule has 0 unspecified atom stereocenters. The second kappa shape index (κ2) is 5.74. The van der Waals surface area contributed by atoms with Crippen LogP contribution in [-0.4, -0.2) is 18.6 Å². The van der Waals surface area contributed by atoms with Crippen LogP contribution in [-0.2, 0) is 16.6 Å². The van der Waals surface area contributed by atoms with Gasteiger partial charge in [0.05, 0.1) is 17.9 Å². The fraction of sp³-hybridized carbons (Fsp3) is 0.0909. The summed E-state index contributed by atoms with van der Waals surface area (Å²) in [4.78, 5) is 0.0846. The molecule has 19 heavy (non-hydrogen) atoms. The SMILES string of the molecule is NNc1ccccc1S(=O)(=O)NCc1cccnn1. The van der Waals surface area contributed by atoms with Crippen LogP contribution in [0, 0.1) is 0 Å². The van der Waals surface area contributed by atoms with Crippen LogP contribution in [0.4, 0.5) is 5.69 Å². The van der Waals surface area contributed by atoms with Gasteiger partial charge in [0, 0.05) is 6.20 Å². The zero-order valence-electron chi connectivity index (χ0n) is 9.95. The molecule has 0 spiro atoms. The lowest BCUT2D eigenvalue weighted by Gasteiger charge is -2.10. The van der Waals surface area contributed by atoms with Gasteiger partial charge in [0.1, 0.15) is 4.90 Å². The molecular formula is C11H13N5O2S. The summed E-state index contributed by atoms with van der Waals surface area (Å²) in [6.07, 6.45) is 1.52. The molecule has 2 aromatic rings. The maximum absolute atomic E-state index is 12.1. The first-order chi connectivity index (χ1) is 9.13. The number of nitrogens with zero attached hydrogens (tertiary/aromatic N) is 2. The molecule has 1 aromatic heterocycles. The summed E-state index contributed by atoms with van der Waals surface area (Å²) in [7, 11) is -3.66. The zero-order chi connectivity index (χ0) is 13.7. The third-order valence-electron chi connectivity index (χ3n) is 2.40. The Morgan fingerprint density at radius 3 is 2.63 bits per heavy atom. The van der Waals surface area contributed by atoms with Crippen LogP contribution in [0.5, 0.6) is 0 Å². The van der Waals surface area contributed by atoms with Gasteiger partial charge in [-0.25, -0.2) is 13.1 Å². The quantitative estimate of drug-likeness (QED) is 0.534. The lowest BCUT2D eigenvalue weighted by molar-refractivity contribution is 0.580. The first kappa shape index (κ1) is 13.4. The van der Waals surface area contributed by atoms with Crippen molar-refractivity contribution in [1.82, 2.24) is 14.9 Å². The van der Waals surface area contributed by atoms with Crippen molar-refractivity contribution in [1.29, 1.82) is 0 Å². The summed E-state index contributed by atoms with van der Waals surface area (Å²) in [6, 6.07) is 9.73. The summed E-state index contributed by atoms with van der Waals surface area (Å²) in [5.41, 5.74) is 3.21. The molecule has 100 valence electrons. The fourth-order valence-corrected chi connectivity index (χ4v) is 2.66. The van der Waals surface area contributed by atoms with Crippen molar-refractivity contribution in [3.8, 4) is 0 Å². The van der Waals surface area contributed by atoms with Crippen LogP contribution in [0.2, 0.25) is 0 Å². The number of benzene rings is 1. The van der Waals surface area contributed by atoms with Gasteiger partial charge in [-0.05, 0) is 24.3 Å². The smallest absolute Gasteiger partial charge is 0.243 e. The molecule has 0 aliphatic heterocycles. The number of aromatic nitrogens is 2. The number of sulfonamides is 1. The van der Waals surface area contributed by atoms with Crippen molar-refractivity contribution >= 4 is 15.7 Å². The minimum Gasteiger partial charge on any atom is -0.323 e. The molecule has 0 saturated carbocycles. The number of hydrogen-bond donors (Lipinski definition) is 3. The summed E-state index contributed by atoms with van der Waals surface area (Å²) in [5.74, 6) is 5.29. The standard InChI is InChI=1S/C11H13N5O2S/c12-15-10-5-1-2-6-11(10)19(17,18)14-8-9-4-3-7-13-16-9/h1-7,14-15H,8,12H2. The predicted molar refractivity (Wildman–Crippen MR) is 70.3 cm³/mol. The normalized spacial score (nSPS) is 11.2. The Morgan fingerprint density at radius 2 is 1.95 bits per heavy atom. The van der Waals surface area contributed by atoms with Gasteiger partial charge in [0.2, 0.25) is 10.0 Å². The second-order valence-corrected chi connectivity index (χ2v) is 5.42. The van der Waals surface area contributed by atoms with Crippen molar-refractivity contribution in [2.45, 2.75) is 11.4 Å². The Bertz CT molecular complexity index is 645. The van der Waals surface area contributed by atoms with Crippen LogP contribution >= 0.6 is 0 Å². The van der Waals surface area contributed by atoms with Crippen LogP contribution in [0.15, 0.2) is 47.5 Å². The average Bonchev–Trinajstić information content (AvgIpc) is 2.46. The van der Waals surface area contributed by atoms with E-state index >= 15 is 0 Å². The summed E-state index contributed by atoms with van der Waals surface area (Å²) in [5, 5.41) is 7.48. The van der Waals surface area contributed by atoms with E-state index in [0.717, 1.165) is 0 Å². The molecular weight excluding hydrogens is 266 g/mol. The molecule has 0 saturated heterocycles. The summed E-state index contributed by atoms with van der Waals surface area (Å²) >= 11 is 0. The van der Waals surface area contributed by atoms with Crippen molar-refractivity contribution < 1.29 is 8.42 Å². The molecule has 0 bridgehead atoms. The highest BCUT2D eigenvalue weighted by molar-refractivity contribution is 7.89. The van der Waals surface area contributed by atoms with Gasteiger partial charge in [0.15, 0.2) is 0 Å². The van der Waals surface area contributed by atoms with Gasteiger partial charge in [-0.1, -0.05) is 12.1 Å². The molecule has 0 aliphatic carbocycles. The van der Waals surface area contributed by atoms with Gasteiger partial charge in [-0.15, -0.1) is 0 Å². The molecule has 4 N–H and O–H groups in total. The van der Waals surface area contributed by atoms with Gasteiger partial charge in [-0.2, -0.15) is 10.2 Å². The Morgan fingerprint density at radius 1 is 1.16 bits per heavy atom. The van der Waals surface area contributed by atoms with Crippen LogP contribution in [0.3, 0.4) is 0 Å². The third-order valence-corrected chi connectivity index (χ3v) is 3.86. The molecule has 0 fully saturated rings. The molecule has 8 heteroatoms. The van der Waals surface area contributed by atoms with E-state index in [9.17, 15) is 8.42 Å². The molecule has 0 radical (unpaired) electrons. The monoisotopic (exact) mass is 279 g/mol. The van der Waals surface area contributed by atoms with Gasteiger partial charge < -0.3 is 5.43 Å². The number of anilines is 1. The van der Waals surface area contributed by atoms with Gasteiger partial charge >= 0.3 is 0 Å². The molecule has 1 heterocycles. The second-order valence-electron chi connectivity index (χ2n) is 3.68. The van der Waals surface area contributed by atoms with Gasteiger partial charge in [-0.3, -0.25) is 5.84 Å². The lowest BCUT2D eigenvalue weighted by Crippen LogP contribution is -2.25. The first-order valence-electron chi connectivity index (χ1n) is 5.45. The van der Waals surface area contributed by atoms with E-state index in [1.807, 2.05) is 0 Å². The summed E-state index contributed by atoms with van der Waals surface area (Å²) < 4.78 is 26.7. The van der Waals surface area contributed by atoms with E-state index in [-0.39, 0.29) is 11.4 Å². The Balaban J connectivity index is 2.19. The van der Waals surface area contributed by atoms with Crippen molar-refractivity contribution in [2.75, 3.05) is 5.43 Å². The Kier molecular flexibility index (Phi) is 4.05. The highest BCUT2D eigenvalue weighted by Crippen LogP contribution is 2.19. The third kappa shape index (κ3) is 3.25. The molecule has 0 amide bonds. The molecule has 2 rings (SSSR count). The number of nitrogens with two attached hydrogens (primary N) is 1. The molecule has 1 aromatic carbocycles. The van der Waals surface area contributed by atoms with E-state index in [1.54, 1.807) is 30.3 Å². The van der Waals surface area contributed by atoms with Crippen LogP contribution in [0.1, 0.15) is 5.69 Å². The van der Waals surface area contributed by atoms with Crippen LogP contribution < -0.4 is 16.0 Å². The number of hydrogen-bond acceptors (Lipinski definition) is 6. The van der Waals surface area contributed by atoms with E-state index in [0.29, 0.717) is 11.4 Å². The number of para-hydroxylation sites is 1. The highest BCUT2D eigenvalue weighted by Gasteiger charge is 2.17. The minimum atomic E-state index is -3.66. The van der Waals surface area contributed by atoms with E-state index in [2.05, 4.69) is 20.3 Å². The topological polar surface area (TPSA) is 110 Å². The highest BCUT2D eigenvalue weighted by atomic mass is 32.2. The van der Waals surface area contributed by atoms with Gasteiger partial charge in [0.25, 0.3) is 0 Å². The van der Waals surface area contributed by atoms with E-state index in [4.69, 9.17) is 5.84 Å². The lowest BCUT2D eigenvalue weighted by atomic mass is 10.3. The molecule has 0 aliphatic rings. The average molecular weight is 279 g/mol. The number of rotatable bonds is 5. The predicted octanol–water partition coefficient (Wildman–Crippen LogP) is 0.241. The van der Waals surface area contributed by atoms with Crippen LogP contribution in [0.25, 0.3) is 0 Å². The van der Waals surface area contributed by atoms with E-state index in [1.165, 1.54) is 12.3 Å². The zero-order valence-corrected chi connectivity index (χ0v) is 10.8. The first-order valence-corrected chi connectivity index (χ1v) is 6.94. The Labute approximate surface area is 110 Å². The Hall–Kier alpha value is -2.03. The van der Waals surface area contributed by atoms with E-state index < -0.39 is 10.0 Å². The number of nitrogen functional groups attached to an aromatic ring is 1. The fourth-order valence-electron chi connectivity index (χ4n) is 1.49. The number of nitrogens with one attached hydrogen (secondary N) is 2.